The maximum Gasteiger partial charge on any atom is 0.407 e. The van der Waals surface area contributed by atoms with Gasteiger partial charge in [-0.05, 0) is 301 Å². The summed E-state index contributed by atoms with van der Waals surface area (Å²) in [4.78, 5) is 89.7. The quantitative estimate of drug-likeness (QED) is 0.0186. The Morgan fingerprint density at radius 1 is 0.302 bits per heavy atom. The van der Waals surface area contributed by atoms with Crippen LogP contribution in [0.25, 0.3) is 65.4 Å². The molecule has 126 heavy (non-hydrogen) atoms. The van der Waals surface area contributed by atoms with Gasteiger partial charge in [0.2, 0.25) is 0 Å². The summed E-state index contributed by atoms with van der Waals surface area (Å²) >= 11 is 0. The third-order valence-corrected chi connectivity index (χ3v) is 18.7. The van der Waals surface area contributed by atoms with Gasteiger partial charge in [0.15, 0.2) is 0 Å². The average molecular weight is 1780 g/mol. The Hall–Kier alpha value is -12.1. The molecular weight excluding hydrogens is 1600 g/mol. The fourth-order valence-electron chi connectivity index (χ4n) is 12.9. The number of ether oxygens (including phenoxy) is 6. The monoisotopic (exact) mass is 1780 g/mol. The molecule has 0 saturated carbocycles. The van der Waals surface area contributed by atoms with Crippen molar-refractivity contribution in [3.05, 3.63) is 213 Å². The number of amides is 6. The zero-order valence-corrected chi connectivity index (χ0v) is 68.5. The molecule has 12 heterocycles. The summed E-state index contributed by atoms with van der Waals surface area (Å²) in [6.07, 6.45) is -16.3. The number of rotatable bonds is 30. The lowest BCUT2D eigenvalue weighted by Crippen LogP contribution is -2.28. The normalized spacial score (nSPS) is 31.7. The molecule has 0 aliphatic carbocycles. The van der Waals surface area contributed by atoms with Crippen LogP contribution in [-0.2, 0) is 105 Å². The summed E-state index contributed by atoms with van der Waals surface area (Å²) < 4.78 is 453. The van der Waals surface area contributed by atoms with Crippen LogP contribution in [0.15, 0.2) is 146 Å². The van der Waals surface area contributed by atoms with Crippen molar-refractivity contribution in [1.82, 2.24) is 91.2 Å². The van der Waals surface area contributed by atoms with Gasteiger partial charge in [-0.25, -0.2) is 28.8 Å². The number of fused-ring (bicyclic) bond motifs is 6. The van der Waals surface area contributed by atoms with Crippen molar-refractivity contribution in [2.24, 2.45) is 0 Å². The summed E-state index contributed by atoms with van der Waals surface area (Å²) in [5.74, 6) is 0. The molecule has 12 N–H and O–H groups in total. The molecule has 0 spiro atoms. The lowest BCUT2D eigenvalue weighted by atomic mass is 10.0. The molecule has 0 unspecified atom stereocenters. The van der Waals surface area contributed by atoms with Gasteiger partial charge < -0.3 is 120 Å². The number of H-pyrrole nitrogens is 6. The van der Waals surface area contributed by atoms with Gasteiger partial charge in [0.05, 0.1) is 69.0 Å². The van der Waals surface area contributed by atoms with Crippen molar-refractivity contribution in [2.75, 3.05) is 163 Å². The van der Waals surface area contributed by atoms with Crippen LogP contribution in [0.1, 0.15) is 141 Å². The molecule has 672 valence electrons. The number of nitrogens with zero attached hydrogens (tertiary/aromatic N) is 6. The van der Waals surface area contributed by atoms with Crippen LogP contribution >= 0.6 is 0 Å². The molecule has 6 fully saturated rings. The summed E-state index contributed by atoms with van der Waals surface area (Å²) in [6.45, 7) is -41.6. The Balaban J connectivity index is 0.000000176. The predicted molar refractivity (Wildman–Crippen MR) is 495 cm³/mol. The second-order valence-electron chi connectivity index (χ2n) is 29.0. The molecule has 6 atom stereocenters. The van der Waals surface area contributed by atoms with Gasteiger partial charge in [-0.3, -0.25) is 0 Å². The third kappa shape index (κ3) is 26.5. The largest absolute Gasteiger partial charge is 0.447 e. The van der Waals surface area contributed by atoms with Crippen LogP contribution in [0.2, 0.25) is 0 Å². The van der Waals surface area contributed by atoms with E-state index in [9.17, 15) is 28.8 Å². The number of aromatic amines is 6. The zero-order chi connectivity index (χ0) is 136. The van der Waals surface area contributed by atoms with Crippen molar-refractivity contribution in [2.45, 2.75) is 113 Å². The van der Waals surface area contributed by atoms with Crippen molar-refractivity contribution in [3.63, 3.8) is 0 Å². The van der Waals surface area contributed by atoms with Crippen LogP contribution < -0.4 is 31.9 Å². The van der Waals surface area contributed by atoms with Gasteiger partial charge in [-0.1, -0.05) is 36.4 Å². The van der Waals surface area contributed by atoms with Gasteiger partial charge in [0.1, 0.15) is 39.4 Å². The fourth-order valence-corrected chi connectivity index (χ4v) is 12.9. The molecule has 12 aromatic rings. The lowest BCUT2D eigenvalue weighted by Gasteiger charge is -2.09. The van der Waals surface area contributed by atoms with Gasteiger partial charge >= 0.3 is 36.6 Å². The van der Waals surface area contributed by atoms with Gasteiger partial charge in [0.25, 0.3) is 0 Å². The molecule has 6 amide bonds. The van der Waals surface area contributed by atoms with E-state index in [1.54, 1.807) is 99.8 Å². The van der Waals surface area contributed by atoms with Crippen LogP contribution in [-0.4, -0.2) is 295 Å². The lowest BCUT2D eigenvalue weighted by molar-refractivity contribution is 0.176. The zero-order valence-electron chi connectivity index (χ0n) is 122. The minimum Gasteiger partial charge on any atom is -0.447 e. The highest BCUT2D eigenvalue weighted by Crippen LogP contribution is 2.29. The van der Waals surface area contributed by atoms with E-state index in [1.807, 2.05) is 0 Å². The number of aryl methyl sites for hydroxylation is 3. The van der Waals surface area contributed by atoms with Crippen molar-refractivity contribution in [3.8, 4) is 0 Å². The van der Waals surface area contributed by atoms with Gasteiger partial charge in [-0.2, -0.15) is 0 Å². The summed E-state index contributed by atoms with van der Waals surface area (Å²) in [6, 6.07) is 15.8. The van der Waals surface area contributed by atoms with Crippen LogP contribution in [0.5, 0.6) is 0 Å². The third-order valence-electron chi connectivity index (χ3n) is 18.7. The van der Waals surface area contributed by atoms with Crippen molar-refractivity contribution >= 4 is 102 Å². The van der Waals surface area contributed by atoms with E-state index in [2.05, 4.69) is 90.2 Å². The van der Waals surface area contributed by atoms with E-state index < -0.39 is 218 Å². The summed E-state index contributed by atoms with van der Waals surface area (Å²) in [7, 11) is 9.15. The maximum absolute atomic E-state index is 11.5. The first-order chi connectivity index (χ1) is 81.3. The molecule has 6 saturated heterocycles. The molecule has 0 radical (unpaired) electrons. The first kappa shape index (κ1) is 44.9. The SMILES string of the molecule is [2H]c1[nH]c2ccc(C[C@]3([2H])NC(=O)OC3([2H])[2H])cc2c1C([2H])([2H])CN(C([2H])([2H])[2H])C([2H])([2H])[2H].[2H]c1[nH]c2ccc(C[C@]3([2H])NC(=O)OC3([2H])[2H])cc2c1C([2H])([2H])CN(C)C.[2H]c1[nH]c2ccc(C[C@]3([2H])NC(=O)OC3([2H])[2H])cc2c1C([2H])([2H])CN(C)C([2H])([2H])[2H].[2H]c1[nH]c2ccc(C[C@]3([2H])NC(=O)OC3([2H])[2H])cc2c1CC([2H])([2H])N(C([2H])([2H])[2H])C([2H])([2H])[2H].[2H]c1[nH]c2ccc(C[C@]3([2H])NC(=O)OC3([2H])[2H])cc2c1CC([2H])([2H])N(C)C.[2H]c1[nH]c2ccc(C[C@]3([2H])NC(=O)OC3([2H])[2H])cc2c1CC([2H])([2H])N(C)C([2H])([2H])[2H]. The van der Waals surface area contributed by atoms with E-state index in [-0.39, 0.29) is 137 Å². The number of carbonyl (C=O) groups is 6. The number of hydrogen-bond acceptors (Lipinski definition) is 18. The minimum absolute atomic E-state index is 0.00379. The van der Waals surface area contributed by atoms with Gasteiger partial charge in [-0.15, -0.1) is 0 Å². The predicted octanol–water partition coefficient (Wildman–Crippen LogP) is 11.5. The first-order valence-electron chi connectivity index (χ1n) is 65.4. The minimum atomic E-state index is -3.28. The van der Waals surface area contributed by atoms with E-state index in [1.165, 1.54) is 54.4 Å². The van der Waals surface area contributed by atoms with E-state index >= 15 is 0 Å². The molecule has 6 aromatic carbocycles. The number of benzene rings is 6. The molecule has 6 aliphatic heterocycles. The maximum atomic E-state index is 11.5. The summed E-state index contributed by atoms with van der Waals surface area (Å²) in [5.41, 5.74) is 6.09. The topological polar surface area (TPSA) is 344 Å². The molecule has 6 aromatic heterocycles. The number of cyclic esters (lactones) is 6. The number of carbonyl (C=O) groups excluding carboxylic acids is 6. The van der Waals surface area contributed by atoms with E-state index in [4.69, 9.17) is 74.0 Å². The highest BCUT2D eigenvalue weighted by atomic mass is 16.6. The number of hydrogen-bond donors (Lipinski definition) is 12. The van der Waals surface area contributed by atoms with Crippen molar-refractivity contribution < 1.29 is 131 Å². The first-order valence-corrected chi connectivity index (χ1v) is 38.4. The standard InChI is InChI=1S/6C16H21N3O2/c6*1-19(2)6-5-12-9-17-15-4-3-11(8-14(12)15)7-13-10-21-16(20)18-13/h6*3-4,8-9,13,17H,5-7,10H2,1-2H3,(H,18,20)/t6*13-/m000000/s1/i1D3,2D3,6D2,9D,10D2,13D;1D3,2D3,5D2,9D,10D2,13D;1D3,6D2,9D,10D2,13D;1D3,5D2,9D,10D2,13D;6D2,9D,10D2,13D;5D2,9D,10D2,13D. The Labute approximate surface area is 812 Å². The Morgan fingerprint density at radius 2 is 0.516 bits per heavy atom. The molecule has 18 rings (SSSR count). The molecule has 30 nitrogen and oxygen atoms in total. The number of nitrogens with one attached hydrogen (secondary N) is 12. The summed E-state index contributed by atoms with van der Waals surface area (Å²) in [5, 5.41) is 15.3. The molecule has 0 bridgehead atoms. The highest BCUT2D eigenvalue weighted by Gasteiger charge is 2.29. The number of aromatic nitrogens is 6. The molecule has 30 heteroatoms. The smallest absolute Gasteiger partial charge is 0.407 e. The van der Waals surface area contributed by atoms with E-state index in [0.717, 1.165) is 11.9 Å². The second-order valence-corrected chi connectivity index (χ2v) is 29.0. The molecule has 6 aliphatic rings. The second kappa shape index (κ2) is 43.7. The van der Waals surface area contributed by atoms with Crippen LogP contribution in [0, 0.1) is 0 Å². The number of likely N-dealkylation sites (N-methyl/N-ethyl adjacent to an activating group) is 6. The fraction of sp³-hybridized carbons (Fsp3) is 0.438. The van der Waals surface area contributed by atoms with Gasteiger partial charge in [0, 0.05) is 183 Å². The van der Waals surface area contributed by atoms with Crippen molar-refractivity contribution in [1.29, 1.82) is 0 Å². The average Bonchev–Trinajstić information content (AvgIpc) is 1.78. The van der Waals surface area contributed by atoms with E-state index in [0.29, 0.717) is 98.5 Å². The Kier molecular flexibility index (Phi) is 15.6. The Bertz CT molecular complexity index is 8350. The Morgan fingerprint density at radius 3 is 0.738 bits per heavy atom. The number of alkyl carbamates (subject to hydrolysis) is 6. The van der Waals surface area contributed by atoms with Crippen LogP contribution in [0.3, 0.4) is 0 Å². The van der Waals surface area contributed by atoms with Crippen LogP contribution in [0.4, 0.5) is 28.8 Å². The molecular formula is C96H126N18O12. The highest BCUT2D eigenvalue weighted by molar-refractivity contribution is 5.88.